The fourth-order valence-electron chi connectivity index (χ4n) is 3.24. The van der Waals surface area contributed by atoms with Crippen LogP contribution in [0.1, 0.15) is 46.3 Å². The summed E-state index contributed by atoms with van der Waals surface area (Å²) in [4.78, 5) is 12.8. The van der Waals surface area contributed by atoms with Crippen molar-refractivity contribution in [2.45, 2.75) is 44.6 Å². The van der Waals surface area contributed by atoms with Crippen molar-refractivity contribution in [3.63, 3.8) is 0 Å². The van der Waals surface area contributed by atoms with Gasteiger partial charge in [-0.1, -0.05) is 42.3 Å². The van der Waals surface area contributed by atoms with Crippen molar-refractivity contribution in [1.29, 1.82) is 0 Å². The highest BCUT2D eigenvalue weighted by Crippen LogP contribution is 2.23. The second-order valence-electron chi connectivity index (χ2n) is 7.11. The van der Waals surface area contributed by atoms with Crippen LogP contribution in [0, 0.1) is 13.8 Å². The molecule has 144 valence electrons. The minimum absolute atomic E-state index is 0.190. The second-order valence-corrected chi connectivity index (χ2v) is 9.05. The first-order valence-electron chi connectivity index (χ1n) is 9.32. The van der Waals surface area contributed by atoms with Gasteiger partial charge in [-0.3, -0.25) is 4.79 Å². The van der Waals surface area contributed by atoms with Crippen LogP contribution in [-0.4, -0.2) is 31.7 Å². The Hall–Kier alpha value is -2.18. The van der Waals surface area contributed by atoms with Crippen molar-refractivity contribution in [2.75, 3.05) is 13.1 Å². The molecule has 0 unspecified atom stereocenters. The van der Waals surface area contributed by atoms with Gasteiger partial charge in [0.2, 0.25) is 10.0 Å². The van der Waals surface area contributed by atoms with Gasteiger partial charge in [-0.25, -0.2) is 8.42 Å². The zero-order valence-corrected chi connectivity index (χ0v) is 16.7. The van der Waals surface area contributed by atoms with Crippen LogP contribution in [-0.2, 0) is 16.6 Å². The number of carbonyl (C=O) groups excluding carboxylic acids is 1. The van der Waals surface area contributed by atoms with Crippen molar-refractivity contribution in [1.82, 2.24) is 9.62 Å². The highest BCUT2D eigenvalue weighted by atomic mass is 32.2. The van der Waals surface area contributed by atoms with E-state index in [2.05, 4.69) is 5.32 Å². The molecule has 1 N–H and O–H groups in total. The smallest absolute Gasteiger partial charge is 0.251 e. The highest BCUT2D eigenvalue weighted by molar-refractivity contribution is 7.89. The minimum atomic E-state index is -3.55. The third-order valence-corrected chi connectivity index (χ3v) is 6.87. The van der Waals surface area contributed by atoms with E-state index in [0.29, 0.717) is 25.2 Å². The van der Waals surface area contributed by atoms with Gasteiger partial charge in [0.05, 0.1) is 4.90 Å². The van der Waals surface area contributed by atoms with Gasteiger partial charge >= 0.3 is 0 Å². The summed E-state index contributed by atoms with van der Waals surface area (Å²) < 4.78 is 27.3. The number of piperidine rings is 1. The number of benzene rings is 2. The molecule has 0 saturated carbocycles. The summed E-state index contributed by atoms with van der Waals surface area (Å²) in [5.74, 6) is -0.260. The minimum Gasteiger partial charge on any atom is -0.348 e. The molecular weight excluding hydrogens is 360 g/mol. The molecule has 2 aromatic carbocycles. The van der Waals surface area contributed by atoms with Gasteiger partial charge < -0.3 is 5.32 Å². The Morgan fingerprint density at radius 2 is 1.67 bits per heavy atom. The van der Waals surface area contributed by atoms with Gasteiger partial charge in [-0.15, -0.1) is 0 Å². The molecule has 0 aliphatic carbocycles. The van der Waals surface area contributed by atoms with Crippen molar-refractivity contribution >= 4 is 15.9 Å². The van der Waals surface area contributed by atoms with Crippen LogP contribution in [0.5, 0.6) is 0 Å². The zero-order valence-electron chi connectivity index (χ0n) is 15.9. The number of amides is 1. The van der Waals surface area contributed by atoms with Crippen LogP contribution >= 0.6 is 0 Å². The van der Waals surface area contributed by atoms with Crippen molar-refractivity contribution in [2.24, 2.45) is 0 Å². The monoisotopic (exact) mass is 386 g/mol. The molecule has 1 saturated heterocycles. The molecule has 3 rings (SSSR count). The quantitative estimate of drug-likeness (QED) is 0.856. The Morgan fingerprint density at radius 3 is 2.33 bits per heavy atom. The molecule has 6 heteroatoms. The summed E-state index contributed by atoms with van der Waals surface area (Å²) in [6.45, 7) is 5.33. The van der Waals surface area contributed by atoms with Gasteiger partial charge in [0.15, 0.2) is 0 Å². The number of rotatable bonds is 5. The number of hydrogen-bond acceptors (Lipinski definition) is 3. The number of hydrogen-bond donors (Lipinski definition) is 1. The first kappa shape index (κ1) is 19.6. The van der Waals surface area contributed by atoms with Crippen LogP contribution in [0.3, 0.4) is 0 Å². The zero-order chi connectivity index (χ0) is 19.4. The number of nitrogens with zero attached hydrogens (tertiary/aromatic N) is 1. The van der Waals surface area contributed by atoms with Crippen molar-refractivity contribution < 1.29 is 13.2 Å². The van der Waals surface area contributed by atoms with E-state index in [1.54, 1.807) is 12.1 Å². The maximum absolute atomic E-state index is 12.9. The van der Waals surface area contributed by atoms with E-state index in [4.69, 9.17) is 0 Å². The molecule has 1 aliphatic heterocycles. The van der Waals surface area contributed by atoms with Gasteiger partial charge in [0.25, 0.3) is 5.91 Å². The van der Waals surface area contributed by atoms with E-state index >= 15 is 0 Å². The van der Waals surface area contributed by atoms with E-state index in [9.17, 15) is 13.2 Å². The first-order valence-corrected chi connectivity index (χ1v) is 10.8. The molecule has 1 amide bonds. The first-order chi connectivity index (χ1) is 12.9. The summed E-state index contributed by atoms with van der Waals surface area (Å²) in [6.07, 6.45) is 2.83. The van der Waals surface area contributed by atoms with Gasteiger partial charge in [-0.2, -0.15) is 4.31 Å². The van der Waals surface area contributed by atoms with Crippen LogP contribution in [0.4, 0.5) is 0 Å². The Bertz CT molecular complexity index is 915. The number of aryl methyl sites for hydroxylation is 2. The van der Waals surface area contributed by atoms with Crippen LogP contribution < -0.4 is 5.32 Å². The van der Waals surface area contributed by atoms with E-state index in [0.717, 1.165) is 36.0 Å². The Morgan fingerprint density at radius 1 is 1.00 bits per heavy atom. The Kier molecular flexibility index (Phi) is 5.97. The average molecular weight is 387 g/mol. The summed E-state index contributed by atoms with van der Waals surface area (Å²) in [5, 5.41) is 2.89. The number of carbonyl (C=O) groups is 1. The van der Waals surface area contributed by atoms with Crippen molar-refractivity contribution in [3.05, 3.63) is 64.7 Å². The fourth-order valence-corrected chi connectivity index (χ4v) is 4.79. The maximum atomic E-state index is 12.9. The highest BCUT2D eigenvalue weighted by Gasteiger charge is 2.27. The van der Waals surface area contributed by atoms with Gasteiger partial charge in [0, 0.05) is 25.2 Å². The Labute approximate surface area is 161 Å². The van der Waals surface area contributed by atoms with Gasteiger partial charge in [0.1, 0.15) is 0 Å². The van der Waals surface area contributed by atoms with E-state index in [1.807, 2.05) is 38.1 Å². The molecule has 1 heterocycles. The third-order valence-electron chi connectivity index (χ3n) is 4.98. The lowest BCUT2D eigenvalue weighted by molar-refractivity contribution is 0.0950. The topological polar surface area (TPSA) is 66.5 Å². The second kappa shape index (κ2) is 8.23. The third kappa shape index (κ3) is 4.57. The molecule has 0 spiro atoms. The van der Waals surface area contributed by atoms with E-state index in [-0.39, 0.29) is 10.8 Å². The Balaban J connectivity index is 1.78. The molecule has 0 aromatic heterocycles. The van der Waals surface area contributed by atoms with E-state index < -0.39 is 10.0 Å². The molecule has 0 bridgehead atoms. The van der Waals surface area contributed by atoms with Crippen LogP contribution in [0.15, 0.2) is 47.4 Å². The largest absolute Gasteiger partial charge is 0.348 e. The molecule has 0 radical (unpaired) electrons. The van der Waals surface area contributed by atoms with Crippen LogP contribution in [0.2, 0.25) is 0 Å². The number of nitrogens with one attached hydrogen (secondary N) is 1. The normalized spacial score (nSPS) is 15.5. The lowest BCUT2D eigenvalue weighted by atomic mass is 10.1. The SMILES string of the molecule is Cc1ccc(CNC(=O)c2cc(S(=O)(=O)N3CCCCC3)ccc2C)cc1. The lowest BCUT2D eigenvalue weighted by Gasteiger charge is -2.26. The molecule has 5 nitrogen and oxygen atoms in total. The van der Waals surface area contributed by atoms with Crippen molar-refractivity contribution in [3.8, 4) is 0 Å². The average Bonchev–Trinajstić information content (AvgIpc) is 2.68. The predicted molar refractivity (Wildman–Crippen MR) is 106 cm³/mol. The van der Waals surface area contributed by atoms with E-state index in [1.165, 1.54) is 10.4 Å². The summed E-state index contributed by atoms with van der Waals surface area (Å²) in [7, 11) is -3.55. The molecular formula is C21H26N2O3S. The molecule has 0 atom stereocenters. The predicted octanol–water partition coefficient (Wildman–Crippen LogP) is 3.41. The summed E-state index contributed by atoms with van der Waals surface area (Å²) in [6, 6.07) is 12.7. The fraction of sp³-hybridized carbons (Fsp3) is 0.381. The molecule has 2 aromatic rings. The molecule has 1 aliphatic rings. The standard InChI is InChI=1S/C21H26N2O3S/c1-16-6-9-18(10-7-16)15-22-21(24)20-14-19(11-8-17(20)2)27(25,26)23-12-4-3-5-13-23/h6-11,14H,3-5,12-13,15H2,1-2H3,(H,22,24). The van der Waals surface area contributed by atoms with Crippen LogP contribution in [0.25, 0.3) is 0 Å². The number of sulfonamides is 1. The molecule has 27 heavy (non-hydrogen) atoms. The summed E-state index contributed by atoms with van der Waals surface area (Å²) >= 11 is 0. The van der Waals surface area contributed by atoms with Gasteiger partial charge in [-0.05, 0) is 49.9 Å². The molecule has 1 fully saturated rings. The maximum Gasteiger partial charge on any atom is 0.251 e. The lowest BCUT2D eigenvalue weighted by Crippen LogP contribution is -2.35. The summed E-state index contributed by atoms with van der Waals surface area (Å²) in [5.41, 5.74) is 3.33.